The Hall–Kier alpha value is -4.14. The number of benzene rings is 1. The number of fused-ring (bicyclic) bond motifs is 1. The molecule has 0 saturated carbocycles. The molecule has 1 aliphatic rings. The van der Waals surface area contributed by atoms with Crippen LogP contribution in [0.3, 0.4) is 0 Å². The van der Waals surface area contributed by atoms with Crippen molar-refractivity contribution in [2.75, 3.05) is 41.3 Å². The molecule has 0 bridgehead atoms. The van der Waals surface area contributed by atoms with Gasteiger partial charge in [-0.2, -0.15) is 0 Å². The number of hydrogen-bond acceptors (Lipinski definition) is 8. The van der Waals surface area contributed by atoms with Crippen molar-refractivity contribution >= 4 is 34.4 Å². The molecule has 9 heteroatoms. The molecule has 3 aromatic heterocycles. The summed E-state index contributed by atoms with van der Waals surface area (Å²) in [6.07, 6.45) is 8.30. The largest absolute Gasteiger partial charge is 0.353 e. The molecule has 0 aliphatic carbocycles. The molecule has 1 fully saturated rings. The molecule has 5 rings (SSSR count). The fourth-order valence-electron chi connectivity index (χ4n) is 3.53. The molecule has 31 heavy (non-hydrogen) atoms. The van der Waals surface area contributed by atoms with Crippen molar-refractivity contribution in [3.8, 4) is 0 Å². The Bertz CT molecular complexity index is 1190. The Kier molecular flexibility index (Phi) is 5.05. The van der Waals surface area contributed by atoms with E-state index in [0.717, 1.165) is 37.5 Å². The summed E-state index contributed by atoms with van der Waals surface area (Å²) in [6.45, 7) is 3.31. The van der Waals surface area contributed by atoms with Gasteiger partial charge in [-0.25, -0.2) is 15.0 Å². The number of piperazine rings is 1. The number of pyridine rings is 1. The lowest BCUT2D eigenvalue weighted by molar-refractivity contribution is 0.102. The van der Waals surface area contributed by atoms with Crippen molar-refractivity contribution < 1.29 is 4.79 Å². The van der Waals surface area contributed by atoms with Crippen LogP contribution in [0, 0.1) is 0 Å². The fourth-order valence-corrected chi connectivity index (χ4v) is 3.53. The van der Waals surface area contributed by atoms with E-state index in [2.05, 4.69) is 40.0 Å². The molecule has 0 atom stereocenters. The van der Waals surface area contributed by atoms with Crippen molar-refractivity contribution in [3.05, 3.63) is 72.9 Å². The standard InChI is InChI=1S/C22H20N8O/c31-21(16-4-5-18-19(13-16)24-8-7-23-18)28-17-14-26-22(27-15-17)30-11-9-29(10-12-30)20-3-1-2-6-25-20/h1-8,13-15H,9-12H2,(H,28,31). The van der Waals surface area contributed by atoms with E-state index in [1.165, 1.54) is 0 Å². The predicted molar refractivity (Wildman–Crippen MR) is 118 cm³/mol. The molecule has 0 unspecified atom stereocenters. The van der Waals surface area contributed by atoms with E-state index >= 15 is 0 Å². The summed E-state index contributed by atoms with van der Waals surface area (Å²) >= 11 is 0. The Morgan fingerprint density at radius 3 is 2.26 bits per heavy atom. The van der Waals surface area contributed by atoms with Gasteiger partial charge in [-0.1, -0.05) is 6.07 Å². The van der Waals surface area contributed by atoms with E-state index in [4.69, 9.17) is 0 Å². The molecule has 1 aromatic carbocycles. The van der Waals surface area contributed by atoms with Crippen molar-refractivity contribution in [1.82, 2.24) is 24.9 Å². The summed E-state index contributed by atoms with van der Waals surface area (Å²) in [5, 5.41) is 2.83. The summed E-state index contributed by atoms with van der Waals surface area (Å²) < 4.78 is 0. The second-order valence-corrected chi connectivity index (χ2v) is 7.15. The number of amides is 1. The van der Waals surface area contributed by atoms with Crippen LogP contribution in [0.1, 0.15) is 10.4 Å². The van der Waals surface area contributed by atoms with Crippen LogP contribution in [0.25, 0.3) is 11.0 Å². The van der Waals surface area contributed by atoms with Gasteiger partial charge in [0.2, 0.25) is 5.95 Å². The molecule has 1 aliphatic heterocycles. The third kappa shape index (κ3) is 4.11. The molecular weight excluding hydrogens is 392 g/mol. The van der Waals surface area contributed by atoms with Gasteiger partial charge in [-0.15, -0.1) is 0 Å². The quantitative estimate of drug-likeness (QED) is 0.545. The van der Waals surface area contributed by atoms with Crippen molar-refractivity contribution in [3.63, 3.8) is 0 Å². The third-order valence-electron chi connectivity index (χ3n) is 5.16. The van der Waals surface area contributed by atoms with Crippen LogP contribution in [0.5, 0.6) is 0 Å². The highest BCUT2D eigenvalue weighted by atomic mass is 16.1. The maximum atomic E-state index is 12.6. The summed E-state index contributed by atoms with van der Waals surface area (Å²) in [5.74, 6) is 1.40. The minimum absolute atomic E-state index is 0.243. The molecule has 154 valence electrons. The van der Waals surface area contributed by atoms with E-state index in [1.54, 1.807) is 43.0 Å². The average molecular weight is 412 g/mol. The van der Waals surface area contributed by atoms with E-state index in [1.807, 2.05) is 24.4 Å². The number of hydrogen-bond donors (Lipinski definition) is 1. The van der Waals surface area contributed by atoms with Crippen LogP contribution in [0.2, 0.25) is 0 Å². The molecule has 0 radical (unpaired) electrons. The molecule has 0 spiro atoms. The predicted octanol–water partition coefficient (Wildman–Crippen LogP) is 2.39. The number of rotatable bonds is 4. The summed E-state index contributed by atoms with van der Waals surface area (Å²) in [7, 11) is 0. The van der Waals surface area contributed by atoms with E-state index in [-0.39, 0.29) is 5.91 Å². The summed E-state index contributed by atoms with van der Waals surface area (Å²) in [6, 6.07) is 11.2. The Labute approximate surface area is 178 Å². The SMILES string of the molecule is O=C(Nc1cnc(N2CCN(c3ccccn3)CC2)nc1)c1ccc2nccnc2c1. The van der Waals surface area contributed by atoms with E-state index in [9.17, 15) is 4.79 Å². The smallest absolute Gasteiger partial charge is 0.255 e. The van der Waals surface area contributed by atoms with Crippen LogP contribution in [-0.2, 0) is 0 Å². The minimum atomic E-state index is -0.243. The number of anilines is 3. The lowest BCUT2D eigenvalue weighted by Gasteiger charge is -2.35. The second kappa shape index (κ2) is 8.31. The highest BCUT2D eigenvalue weighted by Crippen LogP contribution is 2.17. The molecule has 9 nitrogen and oxygen atoms in total. The molecular formula is C22H20N8O. The van der Waals surface area contributed by atoms with Gasteiger partial charge in [0.15, 0.2) is 0 Å². The van der Waals surface area contributed by atoms with E-state index in [0.29, 0.717) is 22.7 Å². The number of carbonyl (C=O) groups excluding carboxylic acids is 1. The third-order valence-corrected chi connectivity index (χ3v) is 5.16. The summed E-state index contributed by atoms with van der Waals surface area (Å²) in [5.41, 5.74) is 2.46. The maximum Gasteiger partial charge on any atom is 0.255 e. The second-order valence-electron chi connectivity index (χ2n) is 7.15. The topological polar surface area (TPSA) is 100 Å². The minimum Gasteiger partial charge on any atom is -0.353 e. The van der Waals surface area contributed by atoms with Crippen molar-refractivity contribution in [1.29, 1.82) is 0 Å². The molecule has 1 amide bonds. The van der Waals surface area contributed by atoms with Gasteiger partial charge in [0.05, 0.1) is 29.1 Å². The maximum absolute atomic E-state index is 12.6. The summed E-state index contributed by atoms with van der Waals surface area (Å²) in [4.78, 5) is 38.7. The molecule has 4 heterocycles. The number of nitrogens with zero attached hydrogens (tertiary/aromatic N) is 7. The zero-order chi connectivity index (χ0) is 21.0. The Morgan fingerprint density at radius 1 is 0.774 bits per heavy atom. The van der Waals surface area contributed by atoms with Gasteiger partial charge < -0.3 is 15.1 Å². The highest BCUT2D eigenvalue weighted by molar-refractivity contribution is 6.05. The zero-order valence-corrected chi connectivity index (χ0v) is 16.7. The zero-order valence-electron chi connectivity index (χ0n) is 16.7. The van der Waals surface area contributed by atoms with Gasteiger partial charge in [0.25, 0.3) is 5.91 Å². The van der Waals surface area contributed by atoms with Crippen LogP contribution in [0.4, 0.5) is 17.5 Å². The first-order chi connectivity index (χ1) is 15.3. The number of aromatic nitrogens is 5. The lowest BCUT2D eigenvalue weighted by atomic mass is 10.2. The Morgan fingerprint density at radius 2 is 1.52 bits per heavy atom. The molecule has 1 saturated heterocycles. The number of carbonyl (C=O) groups is 1. The van der Waals surface area contributed by atoms with Gasteiger partial charge in [0, 0.05) is 50.3 Å². The average Bonchev–Trinajstić information content (AvgIpc) is 2.85. The van der Waals surface area contributed by atoms with Crippen LogP contribution < -0.4 is 15.1 Å². The lowest BCUT2D eigenvalue weighted by Crippen LogP contribution is -2.47. The van der Waals surface area contributed by atoms with Crippen molar-refractivity contribution in [2.24, 2.45) is 0 Å². The van der Waals surface area contributed by atoms with Gasteiger partial charge in [-0.05, 0) is 30.3 Å². The van der Waals surface area contributed by atoms with Gasteiger partial charge in [0.1, 0.15) is 5.82 Å². The van der Waals surface area contributed by atoms with Crippen LogP contribution in [0.15, 0.2) is 67.4 Å². The monoisotopic (exact) mass is 412 g/mol. The van der Waals surface area contributed by atoms with Crippen molar-refractivity contribution in [2.45, 2.75) is 0 Å². The first-order valence-corrected chi connectivity index (χ1v) is 10.0. The molecule has 1 N–H and O–H groups in total. The Balaban J connectivity index is 1.21. The van der Waals surface area contributed by atoms with Crippen LogP contribution >= 0.6 is 0 Å². The first kappa shape index (κ1) is 18.9. The normalized spacial score (nSPS) is 13.9. The fraction of sp³-hybridized carbons (Fsp3) is 0.182. The first-order valence-electron chi connectivity index (χ1n) is 10.0. The molecule has 4 aromatic rings. The highest BCUT2D eigenvalue weighted by Gasteiger charge is 2.20. The van der Waals surface area contributed by atoms with Crippen LogP contribution in [-0.4, -0.2) is 57.0 Å². The van der Waals surface area contributed by atoms with Gasteiger partial charge >= 0.3 is 0 Å². The number of nitrogens with one attached hydrogen (secondary N) is 1. The van der Waals surface area contributed by atoms with Gasteiger partial charge in [-0.3, -0.25) is 14.8 Å². The van der Waals surface area contributed by atoms with E-state index < -0.39 is 0 Å².